The fourth-order valence-corrected chi connectivity index (χ4v) is 3.40. The fraction of sp³-hybridized carbons (Fsp3) is 0.462. The SMILES string of the molecule is CCC(C)CN(C)C(=O)c1cc(S(N)(=O)=O)c(Br)cc1F. The molecular weight excluding hydrogens is 363 g/mol. The summed E-state index contributed by atoms with van der Waals surface area (Å²) in [5, 5.41) is 5.05. The standard InChI is InChI=1S/C13H18BrFN2O3S/c1-4-8(2)7-17(3)13(18)9-5-12(21(16,19)20)10(14)6-11(9)15/h5-6,8H,4,7H2,1-3H3,(H2,16,19,20). The first-order valence-electron chi connectivity index (χ1n) is 6.35. The maximum atomic E-state index is 13.9. The van der Waals surface area contributed by atoms with Crippen molar-refractivity contribution in [3.05, 3.63) is 28.0 Å². The summed E-state index contributed by atoms with van der Waals surface area (Å²) < 4.78 is 36.8. The Morgan fingerprint density at radius 2 is 2.05 bits per heavy atom. The van der Waals surface area contributed by atoms with Gasteiger partial charge in [-0.25, -0.2) is 17.9 Å². The van der Waals surface area contributed by atoms with E-state index in [1.54, 1.807) is 7.05 Å². The Hall–Kier alpha value is -0.990. The number of carbonyl (C=O) groups is 1. The number of primary sulfonamides is 1. The molecule has 0 spiro atoms. The van der Waals surface area contributed by atoms with Gasteiger partial charge in [-0.15, -0.1) is 0 Å². The van der Waals surface area contributed by atoms with Gasteiger partial charge in [0.05, 0.1) is 10.5 Å². The van der Waals surface area contributed by atoms with Crippen molar-refractivity contribution in [3.8, 4) is 0 Å². The zero-order valence-corrected chi connectivity index (χ0v) is 14.5. The quantitative estimate of drug-likeness (QED) is 0.850. The summed E-state index contributed by atoms with van der Waals surface area (Å²) in [7, 11) is -2.50. The van der Waals surface area contributed by atoms with Crippen LogP contribution in [0, 0.1) is 11.7 Å². The molecule has 1 atom stereocenters. The van der Waals surface area contributed by atoms with E-state index >= 15 is 0 Å². The van der Waals surface area contributed by atoms with Gasteiger partial charge in [-0.1, -0.05) is 20.3 Å². The minimum Gasteiger partial charge on any atom is -0.341 e. The molecule has 0 aliphatic rings. The van der Waals surface area contributed by atoms with Gasteiger partial charge in [-0.3, -0.25) is 4.79 Å². The molecule has 0 radical (unpaired) electrons. The highest BCUT2D eigenvalue weighted by Crippen LogP contribution is 2.25. The largest absolute Gasteiger partial charge is 0.341 e. The highest BCUT2D eigenvalue weighted by molar-refractivity contribution is 9.10. The van der Waals surface area contributed by atoms with E-state index in [1.807, 2.05) is 13.8 Å². The van der Waals surface area contributed by atoms with Crippen LogP contribution >= 0.6 is 15.9 Å². The molecule has 1 unspecified atom stereocenters. The minimum atomic E-state index is -4.04. The second-order valence-electron chi connectivity index (χ2n) is 5.01. The Balaban J connectivity index is 3.22. The topological polar surface area (TPSA) is 80.5 Å². The van der Waals surface area contributed by atoms with Crippen molar-refractivity contribution in [3.63, 3.8) is 0 Å². The lowest BCUT2D eigenvalue weighted by molar-refractivity contribution is 0.0770. The number of hydrogen-bond donors (Lipinski definition) is 1. The number of nitrogens with two attached hydrogens (primary N) is 1. The normalized spacial score (nSPS) is 13.0. The van der Waals surface area contributed by atoms with Crippen molar-refractivity contribution in [1.29, 1.82) is 0 Å². The van der Waals surface area contributed by atoms with Gasteiger partial charge in [0.25, 0.3) is 5.91 Å². The van der Waals surface area contributed by atoms with Crippen LogP contribution < -0.4 is 5.14 Å². The van der Waals surface area contributed by atoms with Crippen LogP contribution in [0.4, 0.5) is 4.39 Å². The minimum absolute atomic E-state index is 0.0105. The van der Waals surface area contributed by atoms with Crippen LogP contribution in [-0.4, -0.2) is 32.8 Å². The van der Waals surface area contributed by atoms with E-state index in [9.17, 15) is 17.6 Å². The third-order valence-corrected chi connectivity index (χ3v) is 5.06. The Kier molecular flexibility index (Phi) is 5.89. The monoisotopic (exact) mass is 380 g/mol. The third kappa shape index (κ3) is 4.49. The summed E-state index contributed by atoms with van der Waals surface area (Å²) in [5.41, 5.74) is -0.312. The van der Waals surface area contributed by atoms with Gasteiger partial charge in [0.1, 0.15) is 5.82 Å². The summed E-state index contributed by atoms with van der Waals surface area (Å²) >= 11 is 2.93. The highest BCUT2D eigenvalue weighted by atomic mass is 79.9. The van der Waals surface area contributed by atoms with Gasteiger partial charge >= 0.3 is 0 Å². The van der Waals surface area contributed by atoms with E-state index < -0.39 is 21.7 Å². The van der Waals surface area contributed by atoms with Crippen molar-refractivity contribution >= 4 is 31.9 Å². The molecule has 2 N–H and O–H groups in total. The number of sulfonamides is 1. The second kappa shape index (κ2) is 6.85. The summed E-state index contributed by atoms with van der Waals surface area (Å²) in [6, 6.07) is 1.90. The predicted octanol–water partition coefficient (Wildman–Crippen LogP) is 2.35. The van der Waals surface area contributed by atoms with E-state index in [1.165, 1.54) is 4.90 Å². The second-order valence-corrected chi connectivity index (χ2v) is 7.39. The van der Waals surface area contributed by atoms with Gasteiger partial charge in [0, 0.05) is 18.1 Å². The molecular formula is C13H18BrFN2O3S. The smallest absolute Gasteiger partial charge is 0.256 e. The van der Waals surface area contributed by atoms with Crippen LogP contribution in [0.25, 0.3) is 0 Å². The van der Waals surface area contributed by atoms with Crippen molar-refractivity contribution in [1.82, 2.24) is 4.90 Å². The molecule has 0 saturated heterocycles. The summed E-state index contributed by atoms with van der Waals surface area (Å²) in [4.78, 5) is 13.3. The molecule has 5 nitrogen and oxygen atoms in total. The van der Waals surface area contributed by atoms with Crippen LogP contribution in [0.3, 0.4) is 0 Å². The van der Waals surface area contributed by atoms with E-state index in [0.29, 0.717) is 6.54 Å². The molecule has 8 heteroatoms. The van der Waals surface area contributed by atoms with Crippen LogP contribution in [0.5, 0.6) is 0 Å². The molecule has 118 valence electrons. The van der Waals surface area contributed by atoms with Gasteiger partial charge in [-0.05, 0) is 34.0 Å². The molecule has 0 aliphatic carbocycles. The zero-order chi connectivity index (χ0) is 16.4. The number of carbonyl (C=O) groups excluding carboxylic acids is 1. The Bertz CT molecular complexity index is 649. The van der Waals surface area contributed by atoms with Crippen molar-refractivity contribution in [2.45, 2.75) is 25.2 Å². The predicted molar refractivity (Wildman–Crippen MR) is 81.9 cm³/mol. The summed E-state index contributed by atoms with van der Waals surface area (Å²) in [6.07, 6.45) is 0.878. The van der Waals surface area contributed by atoms with E-state index in [2.05, 4.69) is 15.9 Å². The van der Waals surface area contributed by atoms with Gasteiger partial charge in [-0.2, -0.15) is 0 Å². The number of halogens is 2. The van der Waals surface area contributed by atoms with E-state index in [4.69, 9.17) is 5.14 Å². The van der Waals surface area contributed by atoms with Crippen LogP contribution in [0.15, 0.2) is 21.5 Å². The van der Waals surface area contributed by atoms with Crippen LogP contribution in [0.1, 0.15) is 30.6 Å². The van der Waals surface area contributed by atoms with Crippen molar-refractivity contribution < 1.29 is 17.6 Å². The number of rotatable bonds is 5. The van der Waals surface area contributed by atoms with Gasteiger partial charge in [0.2, 0.25) is 10.0 Å². The number of benzene rings is 1. The molecule has 0 saturated carbocycles. The number of amides is 1. The van der Waals surface area contributed by atoms with Gasteiger partial charge in [0.15, 0.2) is 0 Å². The highest BCUT2D eigenvalue weighted by Gasteiger charge is 2.23. The average molecular weight is 381 g/mol. The van der Waals surface area contributed by atoms with Crippen molar-refractivity contribution in [2.24, 2.45) is 11.1 Å². The maximum absolute atomic E-state index is 13.9. The van der Waals surface area contributed by atoms with E-state index in [0.717, 1.165) is 18.6 Å². The van der Waals surface area contributed by atoms with Gasteiger partial charge < -0.3 is 4.90 Å². The average Bonchev–Trinajstić information content (AvgIpc) is 2.36. The first kappa shape index (κ1) is 18.1. The molecule has 0 heterocycles. The Morgan fingerprint density at radius 3 is 2.52 bits per heavy atom. The molecule has 1 aromatic rings. The molecule has 1 aromatic carbocycles. The Morgan fingerprint density at radius 1 is 1.48 bits per heavy atom. The number of nitrogens with zero attached hydrogens (tertiary/aromatic N) is 1. The summed E-state index contributed by atoms with van der Waals surface area (Å²) in [5.74, 6) is -1.12. The van der Waals surface area contributed by atoms with Crippen LogP contribution in [-0.2, 0) is 10.0 Å². The van der Waals surface area contributed by atoms with E-state index in [-0.39, 0.29) is 20.8 Å². The lowest BCUT2D eigenvalue weighted by atomic mass is 10.1. The third-order valence-electron chi connectivity index (χ3n) is 3.19. The number of hydrogen-bond acceptors (Lipinski definition) is 3. The van der Waals surface area contributed by atoms with Crippen LogP contribution in [0.2, 0.25) is 0 Å². The zero-order valence-electron chi connectivity index (χ0n) is 12.1. The maximum Gasteiger partial charge on any atom is 0.256 e. The van der Waals surface area contributed by atoms with Crippen molar-refractivity contribution in [2.75, 3.05) is 13.6 Å². The summed E-state index contributed by atoms with van der Waals surface area (Å²) in [6.45, 7) is 4.41. The molecule has 0 aliphatic heterocycles. The molecule has 1 amide bonds. The molecule has 0 fully saturated rings. The first-order chi connectivity index (χ1) is 9.57. The Labute approximate surface area is 132 Å². The lowest BCUT2D eigenvalue weighted by Crippen LogP contribution is -2.31. The molecule has 21 heavy (non-hydrogen) atoms. The lowest BCUT2D eigenvalue weighted by Gasteiger charge is -2.21. The molecule has 1 rings (SSSR count). The molecule has 0 bridgehead atoms. The first-order valence-corrected chi connectivity index (χ1v) is 8.69. The fourth-order valence-electron chi connectivity index (χ4n) is 1.80. The molecule has 0 aromatic heterocycles.